The number of carbonyl (C=O) groups is 2. The fraction of sp³-hybridized carbons (Fsp3) is 0.588. The topological polar surface area (TPSA) is 37.4 Å². The van der Waals surface area contributed by atoms with E-state index in [4.69, 9.17) is 0 Å². The Morgan fingerprint density at radius 3 is 2.35 bits per heavy atom. The zero-order valence-electron chi connectivity index (χ0n) is 23.9. The van der Waals surface area contributed by atoms with Crippen molar-refractivity contribution >= 4 is 11.7 Å². The number of carbonyl (C=O) groups excluding carboxylic acids is 2. The molecule has 0 radical (unpaired) electrons. The minimum absolute atomic E-state index is 0.0498. The van der Waals surface area contributed by atoms with Crippen molar-refractivity contribution < 1.29 is 22.8 Å². The van der Waals surface area contributed by atoms with Crippen LogP contribution in [0.3, 0.4) is 0 Å². The molecule has 0 spiro atoms. The number of alkyl halides is 3. The van der Waals surface area contributed by atoms with Gasteiger partial charge in [0, 0.05) is 32.4 Å². The van der Waals surface area contributed by atoms with E-state index in [0.29, 0.717) is 43.6 Å². The van der Waals surface area contributed by atoms with Gasteiger partial charge in [-0.05, 0) is 79.0 Å². The van der Waals surface area contributed by atoms with E-state index in [2.05, 4.69) is 31.2 Å². The van der Waals surface area contributed by atoms with Gasteiger partial charge in [0.05, 0.1) is 5.56 Å². The van der Waals surface area contributed by atoms with Crippen LogP contribution in [0.4, 0.5) is 13.2 Å². The summed E-state index contributed by atoms with van der Waals surface area (Å²) < 4.78 is 38.7. The van der Waals surface area contributed by atoms with Crippen molar-refractivity contribution in [1.82, 2.24) is 4.90 Å². The second-order valence-corrected chi connectivity index (χ2v) is 12.3. The molecule has 1 saturated carbocycles. The molecule has 2 aliphatic rings. The van der Waals surface area contributed by atoms with E-state index in [9.17, 15) is 22.8 Å². The molecule has 2 aromatic carbocycles. The Balaban J connectivity index is 1.26. The number of amides is 1. The number of unbranched alkanes of at least 4 members (excludes halogenated alkanes) is 2. The summed E-state index contributed by atoms with van der Waals surface area (Å²) in [5, 5.41) is 0. The normalized spacial score (nSPS) is 20.2. The van der Waals surface area contributed by atoms with E-state index in [0.717, 1.165) is 75.5 Å². The van der Waals surface area contributed by atoms with Crippen LogP contribution in [0.25, 0.3) is 0 Å². The van der Waals surface area contributed by atoms with Gasteiger partial charge in [-0.25, -0.2) is 0 Å². The lowest BCUT2D eigenvalue weighted by molar-refractivity contribution is -0.137. The van der Waals surface area contributed by atoms with Gasteiger partial charge in [0.2, 0.25) is 5.91 Å². The molecule has 1 aliphatic heterocycles. The second kappa shape index (κ2) is 13.8. The van der Waals surface area contributed by atoms with Crippen LogP contribution in [0, 0.1) is 11.3 Å². The minimum Gasteiger partial charge on any atom is -0.338 e. The number of Topliss-reactive ketones (excluding diaryl/α,β-unsaturated/α-hetero) is 1. The number of halogens is 3. The van der Waals surface area contributed by atoms with Crippen molar-refractivity contribution in [3.05, 3.63) is 71.3 Å². The third-order valence-corrected chi connectivity index (χ3v) is 8.86. The Hall–Kier alpha value is -2.63. The molecular weight excluding hydrogens is 511 g/mol. The summed E-state index contributed by atoms with van der Waals surface area (Å²) in [6.07, 6.45) is 8.26. The summed E-state index contributed by atoms with van der Waals surface area (Å²) in [5.74, 6) is 1.57. The van der Waals surface area contributed by atoms with E-state index in [1.54, 1.807) is 0 Å². The quantitative estimate of drug-likeness (QED) is 0.194. The van der Waals surface area contributed by atoms with Gasteiger partial charge in [-0.2, -0.15) is 13.2 Å². The van der Waals surface area contributed by atoms with Crippen molar-refractivity contribution in [3.63, 3.8) is 0 Å². The van der Waals surface area contributed by atoms with Crippen molar-refractivity contribution in [1.29, 1.82) is 0 Å². The first-order valence-corrected chi connectivity index (χ1v) is 15.2. The first-order chi connectivity index (χ1) is 19.2. The second-order valence-electron chi connectivity index (χ2n) is 12.3. The fourth-order valence-corrected chi connectivity index (χ4v) is 6.49. The standard InChI is InChI=1S/C34H44F3NO2/c1-2-20-33(23-32(40)38(25-33)24-27-14-17-30(18-15-27)34(35,36)37)21-8-4-7-11-29(28-9-5-3-6-10-28)16-19-31(39)22-26-12-13-26/h3,5-6,9-10,14-15,17-18,26,29H,2,4,7-8,11-13,16,19-25H2,1H3/t29-,33?/m1/s1. The Labute approximate surface area is 237 Å². The maximum atomic E-state index is 12.9. The highest BCUT2D eigenvalue weighted by atomic mass is 19.4. The molecule has 0 N–H and O–H groups in total. The van der Waals surface area contributed by atoms with Gasteiger partial charge >= 0.3 is 6.18 Å². The summed E-state index contributed by atoms with van der Waals surface area (Å²) in [7, 11) is 0. The molecular formula is C34H44F3NO2. The third-order valence-electron chi connectivity index (χ3n) is 8.86. The van der Waals surface area contributed by atoms with Crippen LogP contribution in [0.15, 0.2) is 54.6 Å². The summed E-state index contributed by atoms with van der Waals surface area (Å²) in [4.78, 5) is 27.2. The van der Waals surface area contributed by atoms with E-state index in [1.165, 1.54) is 30.5 Å². The SMILES string of the molecule is CCCC1(CCCCC[C@H](CCC(=O)CC2CC2)c2ccccc2)CC(=O)N(Cc2ccc(C(F)(F)F)cc2)C1. The number of likely N-dealkylation sites (tertiary alicyclic amines) is 1. The molecule has 4 rings (SSSR count). The molecule has 0 bridgehead atoms. The highest BCUT2D eigenvalue weighted by molar-refractivity contribution is 5.79. The van der Waals surface area contributed by atoms with E-state index >= 15 is 0 Å². The van der Waals surface area contributed by atoms with Crippen molar-refractivity contribution in [2.75, 3.05) is 6.54 Å². The Kier molecular flexibility index (Phi) is 10.5. The van der Waals surface area contributed by atoms with E-state index in [-0.39, 0.29) is 11.3 Å². The molecule has 40 heavy (non-hydrogen) atoms. The van der Waals surface area contributed by atoms with Crippen LogP contribution in [-0.4, -0.2) is 23.1 Å². The Morgan fingerprint density at radius 1 is 0.975 bits per heavy atom. The molecule has 2 atom stereocenters. The number of benzene rings is 2. The highest BCUT2D eigenvalue weighted by Crippen LogP contribution is 2.42. The zero-order chi connectivity index (χ0) is 28.6. The molecule has 1 aliphatic carbocycles. The molecule has 1 heterocycles. The molecule has 1 unspecified atom stereocenters. The van der Waals surface area contributed by atoms with Crippen molar-refractivity contribution in [2.24, 2.45) is 11.3 Å². The van der Waals surface area contributed by atoms with Crippen molar-refractivity contribution in [3.8, 4) is 0 Å². The predicted octanol–water partition coefficient (Wildman–Crippen LogP) is 9.11. The zero-order valence-corrected chi connectivity index (χ0v) is 23.9. The first-order valence-electron chi connectivity index (χ1n) is 15.2. The maximum Gasteiger partial charge on any atom is 0.416 e. The predicted molar refractivity (Wildman–Crippen MR) is 153 cm³/mol. The molecule has 0 aromatic heterocycles. The van der Waals surface area contributed by atoms with Gasteiger partial charge in [-0.15, -0.1) is 0 Å². The molecule has 3 nitrogen and oxygen atoms in total. The monoisotopic (exact) mass is 555 g/mol. The van der Waals surface area contributed by atoms with Gasteiger partial charge in [-0.3, -0.25) is 9.59 Å². The molecule has 1 amide bonds. The van der Waals surface area contributed by atoms with Crippen LogP contribution in [0.2, 0.25) is 0 Å². The number of rotatable bonds is 16. The number of ketones is 1. The number of hydrogen-bond donors (Lipinski definition) is 0. The Bertz CT molecular complexity index is 1090. The summed E-state index contributed by atoms with van der Waals surface area (Å²) in [6, 6.07) is 15.7. The summed E-state index contributed by atoms with van der Waals surface area (Å²) in [6.45, 7) is 3.19. The molecule has 2 fully saturated rings. The molecule has 218 valence electrons. The first kappa shape index (κ1) is 30.3. The smallest absolute Gasteiger partial charge is 0.338 e. The maximum absolute atomic E-state index is 12.9. The average Bonchev–Trinajstić information content (AvgIpc) is 3.68. The number of nitrogens with zero attached hydrogens (tertiary/aromatic N) is 1. The summed E-state index contributed by atoms with van der Waals surface area (Å²) in [5.41, 5.74) is 1.34. The average molecular weight is 556 g/mol. The van der Waals surface area contributed by atoms with E-state index in [1.807, 2.05) is 11.0 Å². The molecule has 2 aromatic rings. The van der Waals surface area contributed by atoms with Crippen LogP contribution in [0.5, 0.6) is 0 Å². The van der Waals surface area contributed by atoms with Gasteiger partial charge in [0.25, 0.3) is 0 Å². The van der Waals surface area contributed by atoms with Crippen LogP contribution < -0.4 is 0 Å². The lowest BCUT2D eigenvalue weighted by Gasteiger charge is -2.29. The van der Waals surface area contributed by atoms with Crippen LogP contribution in [0.1, 0.15) is 113 Å². The van der Waals surface area contributed by atoms with Gasteiger partial charge < -0.3 is 4.90 Å². The largest absolute Gasteiger partial charge is 0.416 e. The molecule has 1 saturated heterocycles. The van der Waals surface area contributed by atoms with E-state index < -0.39 is 11.7 Å². The lowest BCUT2D eigenvalue weighted by atomic mass is 9.77. The third kappa shape index (κ3) is 8.94. The van der Waals surface area contributed by atoms with Crippen LogP contribution >= 0.6 is 0 Å². The van der Waals surface area contributed by atoms with Gasteiger partial charge in [0.1, 0.15) is 5.78 Å². The Morgan fingerprint density at radius 2 is 1.70 bits per heavy atom. The lowest BCUT2D eigenvalue weighted by Crippen LogP contribution is -2.28. The minimum atomic E-state index is -4.35. The number of hydrogen-bond acceptors (Lipinski definition) is 2. The fourth-order valence-electron chi connectivity index (χ4n) is 6.49. The molecule has 6 heteroatoms. The van der Waals surface area contributed by atoms with Gasteiger partial charge in [0.15, 0.2) is 0 Å². The van der Waals surface area contributed by atoms with Crippen molar-refractivity contribution in [2.45, 2.75) is 109 Å². The van der Waals surface area contributed by atoms with Crippen LogP contribution in [-0.2, 0) is 22.3 Å². The highest BCUT2D eigenvalue weighted by Gasteiger charge is 2.41. The summed E-state index contributed by atoms with van der Waals surface area (Å²) >= 11 is 0. The van der Waals surface area contributed by atoms with Gasteiger partial charge in [-0.1, -0.05) is 75.1 Å².